The average molecular weight is 817 g/mol. The minimum absolute atomic E-state index is 0.193. The van der Waals surface area contributed by atoms with Crippen LogP contribution >= 0.6 is 11.6 Å². The van der Waals surface area contributed by atoms with Crippen LogP contribution in [0.25, 0.3) is 16.6 Å². The molecule has 302 valence electrons. The second kappa shape index (κ2) is 17.2. The fourth-order valence-electron chi connectivity index (χ4n) is 7.63. The Hall–Kier alpha value is -6.84. The van der Waals surface area contributed by atoms with Crippen LogP contribution in [0.5, 0.6) is 5.75 Å². The number of fused-ring (bicyclic) bond motifs is 2. The fraction of sp³-hybridized carbons (Fsp3) is 0.180. The number of anilines is 2. The second-order valence-electron chi connectivity index (χ2n) is 15.8. The fourth-order valence-corrected chi connectivity index (χ4v) is 7.79. The minimum atomic E-state index is -0.670. The Morgan fingerprint density at radius 2 is 1.40 bits per heavy atom. The lowest BCUT2D eigenvalue weighted by molar-refractivity contribution is 0.0474. The quantitative estimate of drug-likeness (QED) is 0.148. The molecule has 0 fully saturated rings. The molecule has 6 aromatic carbocycles. The van der Waals surface area contributed by atoms with E-state index in [4.69, 9.17) is 21.1 Å². The van der Waals surface area contributed by atoms with Gasteiger partial charge in [0.25, 0.3) is 11.8 Å². The molecular formula is C50H45ClN4O5. The monoisotopic (exact) mass is 816 g/mol. The van der Waals surface area contributed by atoms with Crippen LogP contribution in [0.15, 0.2) is 158 Å². The van der Waals surface area contributed by atoms with Crippen molar-refractivity contribution < 1.29 is 23.9 Å². The number of benzene rings is 6. The first-order valence-electron chi connectivity index (χ1n) is 19.9. The molecule has 0 radical (unpaired) electrons. The van der Waals surface area contributed by atoms with Gasteiger partial charge in [0.2, 0.25) is 0 Å². The van der Waals surface area contributed by atoms with Crippen LogP contribution in [-0.2, 0) is 24.3 Å². The zero-order valence-electron chi connectivity index (χ0n) is 33.7. The number of ether oxygens (including phenoxy) is 2. The van der Waals surface area contributed by atoms with Crippen molar-refractivity contribution in [1.82, 2.24) is 14.8 Å². The number of halogens is 1. The Morgan fingerprint density at radius 3 is 2.13 bits per heavy atom. The number of carbonyl (C=O) groups is 3. The van der Waals surface area contributed by atoms with Crippen LogP contribution in [0.3, 0.4) is 0 Å². The van der Waals surface area contributed by atoms with Crippen molar-refractivity contribution in [1.29, 1.82) is 0 Å². The van der Waals surface area contributed by atoms with Crippen molar-refractivity contribution in [2.45, 2.75) is 52.0 Å². The Balaban J connectivity index is 1.15. The molecule has 0 unspecified atom stereocenters. The van der Waals surface area contributed by atoms with Gasteiger partial charge in [0.05, 0.1) is 28.4 Å². The highest BCUT2D eigenvalue weighted by molar-refractivity contribution is 6.31. The van der Waals surface area contributed by atoms with Crippen molar-refractivity contribution in [3.63, 3.8) is 0 Å². The van der Waals surface area contributed by atoms with Crippen LogP contribution in [-0.4, -0.2) is 45.6 Å². The molecule has 0 spiro atoms. The Morgan fingerprint density at radius 1 is 0.750 bits per heavy atom. The minimum Gasteiger partial charge on any atom is -0.489 e. The lowest BCUT2D eigenvalue weighted by atomic mass is 9.93. The van der Waals surface area contributed by atoms with Gasteiger partial charge in [-0.05, 0) is 105 Å². The van der Waals surface area contributed by atoms with Crippen LogP contribution < -0.4 is 15.0 Å². The molecule has 2 heterocycles. The zero-order chi connectivity index (χ0) is 41.8. The SMILES string of the molecule is CC(C)(C)OC(=O)NC[C@@H]1Cc2ccccc2CN1C(=O)c1ccc(Cl)cc1-n1cc(C(=O)N(c2ccccc2)c2ccc(OCc3ccccc3)cc2)c2ccccc21. The maximum atomic E-state index is 15.0. The smallest absolute Gasteiger partial charge is 0.407 e. The van der Waals surface area contributed by atoms with E-state index < -0.39 is 11.7 Å². The van der Waals surface area contributed by atoms with Crippen LogP contribution in [0.2, 0.25) is 5.02 Å². The number of rotatable bonds is 10. The van der Waals surface area contributed by atoms with E-state index in [1.807, 2.05) is 153 Å². The molecule has 0 aliphatic carbocycles. The van der Waals surface area contributed by atoms with Gasteiger partial charge >= 0.3 is 6.09 Å². The summed E-state index contributed by atoms with van der Waals surface area (Å²) in [5, 5.41) is 4.03. The zero-order valence-corrected chi connectivity index (χ0v) is 34.4. The van der Waals surface area contributed by atoms with Crippen LogP contribution in [0.1, 0.15) is 58.2 Å². The molecule has 3 amide bonds. The van der Waals surface area contributed by atoms with Crippen molar-refractivity contribution in [3.05, 3.63) is 191 Å². The predicted octanol–water partition coefficient (Wildman–Crippen LogP) is 10.9. The molecule has 7 aromatic rings. The topological polar surface area (TPSA) is 93.1 Å². The molecule has 8 rings (SSSR count). The van der Waals surface area contributed by atoms with Crippen LogP contribution in [0, 0.1) is 0 Å². The van der Waals surface area contributed by atoms with E-state index in [0.29, 0.717) is 63.9 Å². The van der Waals surface area contributed by atoms with E-state index in [-0.39, 0.29) is 24.4 Å². The number of hydrogen-bond acceptors (Lipinski definition) is 5. The molecule has 10 heteroatoms. The summed E-state index contributed by atoms with van der Waals surface area (Å²) in [6.45, 7) is 6.39. The molecule has 9 nitrogen and oxygen atoms in total. The van der Waals surface area contributed by atoms with Gasteiger partial charge < -0.3 is 24.3 Å². The molecule has 60 heavy (non-hydrogen) atoms. The molecule has 1 N–H and O–H groups in total. The Bertz CT molecular complexity index is 2660. The molecule has 1 aliphatic rings. The maximum absolute atomic E-state index is 15.0. The summed E-state index contributed by atoms with van der Waals surface area (Å²) >= 11 is 6.71. The van der Waals surface area contributed by atoms with Gasteiger partial charge in [-0.3, -0.25) is 14.5 Å². The standard InChI is InChI=1S/C50H45ClN4O5/c1-50(2,3)60-49(58)52-30-40-28-35-16-10-11-17-36(35)31-53(40)47(56)43-27-22-37(51)29-46(43)54-32-44(42-20-12-13-21-45(42)54)48(57)55(38-18-8-5-9-19-38)39-23-25-41(26-24-39)59-33-34-14-6-4-7-15-34/h4-27,29,32,40H,28,30-31,33H2,1-3H3,(H,52,58)/t40-/m0/s1. The third-order valence-corrected chi connectivity index (χ3v) is 10.7. The van der Waals surface area contributed by atoms with E-state index in [0.717, 1.165) is 22.2 Å². The number of carbonyl (C=O) groups excluding carboxylic acids is 3. The van der Waals surface area contributed by atoms with E-state index in [1.54, 1.807) is 34.2 Å². The molecule has 1 atom stereocenters. The maximum Gasteiger partial charge on any atom is 0.407 e. The van der Waals surface area contributed by atoms with Gasteiger partial charge in [-0.15, -0.1) is 0 Å². The normalized spacial score (nSPS) is 13.7. The first-order chi connectivity index (χ1) is 29.0. The third-order valence-electron chi connectivity index (χ3n) is 10.4. The Kier molecular flexibility index (Phi) is 11.4. The molecule has 1 aliphatic heterocycles. The van der Waals surface area contributed by atoms with Gasteiger partial charge in [-0.25, -0.2) is 4.79 Å². The summed E-state index contributed by atoms with van der Waals surface area (Å²) in [6.07, 6.45) is 1.78. The number of para-hydroxylation sites is 2. The van der Waals surface area contributed by atoms with E-state index in [9.17, 15) is 9.59 Å². The summed E-state index contributed by atoms with van der Waals surface area (Å²) in [7, 11) is 0. The van der Waals surface area contributed by atoms with Crippen LogP contribution in [0.4, 0.5) is 16.2 Å². The first-order valence-corrected chi connectivity index (χ1v) is 20.3. The second-order valence-corrected chi connectivity index (χ2v) is 16.2. The highest BCUT2D eigenvalue weighted by atomic mass is 35.5. The summed E-state index contributed by atoms with van der Waals surface area (Å²) < 4.78 is 13.5. The van der Waals surface area contributed by atoms with Crippen molar-refractivity contribution >= 4 is 51.8 Å². The van der Waals surface area contributed by atoms with E-state index in [1.165, 1.54) is 0 Å². The summed E-state index contributed by atoms with van der Waals surface area (Å²) in [5.74, 6) is 0.182. The number of hydrogen-bond donors (Lipinski definition) is 1. The highest BCUT2D eigenvalue weighted by Crippen LogP contribution is 2.35. The van der Waals surface area contributed by atoms with Gasteiger partial charge in [-0.2, -0.15) is 0 Å². The van der Waals surface area contributed by atoms with Gasteiger partial charge in [0, 0.05) is 41.1 Å². The number of aromatic nitrogens is 1. The van der Waals surface area contributed by atoms with Crippen molar-refractivity contribution in [3.8, 4) is 11.4 Å². The van der Waals surface area contributed by atoms with E-state index in [2.05, 4.69) is 11.4 Å². The van der Waals surface area contributed by atoms with Gasteiger partial charge in [0.15, 0.2) is 0 Å². The molecule has 0 saturated carbocycles. The predicted molar refractivity (Wildman–Crippen MR) is 236 cm³/mol. The van der Waals surface area contributed by atoms with Crippen molar-refractivity contribution in [2.75, 3.05) is 11.4 Å². The number of nitrogens with zero attached hydrogens (tertiary/aromatic N) is 3. The number of nitrogens with one attached hydrogen (secondary N) is 1. The summed E-state index contributed by atoms with van der Waals surface area (Å²) in [6, 6.07) is 47.4. The first kappa shape index (κ1) is 40.0. The Labute approximate surface area is 354 Å². The third kappa shape index (κ3) is 8.77. The number of alkyl carbamates (subject to hydrolysis) is 1. The average Bonchev–Trinajstić information content (AvgIpc) is 3.65. The lowest BCUT2D eigenvalue weighted by Crippen LogP contribution is -2.50. The van der Waals surface area contributed by atoms with Crippen molar-refractivity contribution in [2.24, 2.45) is 0 Å². The lowest BCUT2D eigenvalue weighted by Gasteiger charge is -2.37. The molecule has 0 saturated heterocycles. The molecule has 0 bridgehead atoms. The summed E-state index contributed by atoms with van der Waals surface area (Å²) in [4.78, 5) is 46.3. The summed E-state index contributed by atoms with van der Waals surface area (Å²) in [5.41, 5.74) is 5.95. The molecule has 1 aromatic heterocycles. The van der Waals surface area contributed by atoms with Gasteiger partial charge in [0.1, 0.15) is 18.0 Å². The van der Waals surface area contributed by atoms with E-state index >= 15 is 4.79 Å². The van der Waals surface area contributed by atoms with Gasteiger partial charge in [-0.1, -0.05) is 103 Å². The largest absolute Gasteiger partial charge is 0.489 e. The highest BCUT2D eigenvalue weighted by Gasteiger charge is 2.33. The number of amides is 3. The molecular weight excluding hydrogens is 772 g/mol.